The van der Waals surface area contributed by atoms with Gasteiger partial charge in [0.05, 0.1) is 11.0 Å². The fourth-order valence-electron chi connectivity index (χ4n) is 3.08. The summed E-state index contributed by atoms with van der Waals surface area (Å²) in [4.78, 5) is 20.4. The van der Waals surface area contributed by atoms with Crippen LogP contribution in [-0.2, 0) is 4.74 Å². The van der Waals surface area contributed by atoms with Crippen molar-refractivity contribution in [3.8, 4) is 11.4 Å². The smallest absolute Gasteiger partial charge is 0.166 e. The van der Waals surface area contributed by atoms with Crippen LogP contribution in [0.15, 0.2) is 48.5 Å². The number of rotatable bonds is 3. The van der Waals surface area contributed by atoms with E-state index in [1.807, 2.05) is 48.5 Å². The molecule has 0 bridgehead atoms. The molecule has 0 unspecified atom stereocenters. The van der Waals surface area contributed by atoms with Gasteiger partial charge in [0.1, 0.15) is 5.82 Å². The molecule has 0 amide bonds. The number of nitrogens with zero attached hydrogens (tertiary/aromatic N) is 1. The Balaban J connectivity index is 1.58. The molecule has 0 atom stereocenters. The van der Waals surface area contributed by atoms with Crippen LogP contribution in [0, 0.1) is 5.92 Å². The van der Waals surface area contributed by atoms with Gasteiger partial charge < -0.3 is 9.72 Å². The Kier molecular flexibility index (Phi) is 3.67. The van der Waals surface area contributed by atoms with Crippen LogP contribution in [0.4, 0.5) is 0 Å². The lowest BCUT2D eigenvalue weighted by atomic mass is 9.90. The van der Waals surface area contributed by atoms with Crippen LogP contribution < -0.4 is 0 Å². The molecule has 0 aliphatic carbocycles. The fraction of sp³-hybridized carbons (Fsp3) is 0.263. The van der Waals surface area contributed by atoms with Gasteiger partial charge in [0, 0.05) is 30.3 Å². The second-order valence-electron chi connectivity index (χ2n) is 5.93. The largest absolute Gasteiger partial charge is 0.381 e. The SMILES string of the molecule is O=C(c1ccc(-c2nc3ccccc3[nH]2)cc1)C1CCOCC1. The van der Waals surface area contributed by atoms with Crippen molar-refractivity contribution in [2.45, 2.75) is 12.8 Å². The minimum atomic E-state index is 0.0980. The third-order valence-electron chi connectivity index (χ3n) is 4.42. The summed E-state index contributed by atoms with van der Waals surface area (Å²) in [6.07, 6.45) is 1.65. The average Bonchev–Trinajstić information content (AvgIpc) is 3.06. The van der Waals surface area contributed by atoms with Crippen LogP contribution in [0.2, 0.25) is 0 Å². The van der Waals surface area contributed by atoms with E-state index in [0.717, 1.165) is 40.8 Å². The number of aromatic amines is 1. The van der Waals surface area contributed by atoms with E-state index in [-0.39, 0.29) is 11.7 Å². The fourth-order valence-corrected chi connectivity index (χ4v) is 3.08. The van der Waals surface area contributed by atoms with Crippen LogP contribution in [0.1, 0.15) is 23.2 Å². The van der Waals surface area contributed by atoms with Crippen molar-refractivity contribution in [3.05, 3.63) is 54.1 Å². The summed E-state index contributed by atoms with van der Waals surface area (Å²) in [6, 6.07) is 15.7. The number of ether oxygens (including phenoxy) is 1. The van der Waals surface area contributed by atoms with Crippen molar-refractivity contribution in [3.63, 3.8) is 0 Å². The molecule has 0 saturated carbocycles. The Morgan fingerprint density at radius 1 is 1.04 bits per heavy atom. The van der Waals surface area contributed by atoms with Gasteiger partial charge in [0.15, 0.2) is 5.78 Å². The first-order valence-corrected chi connectivity index (χ1v) is 7.98. The zero-order valence-corrected chi connectivity index (χ0v) is 12.8. The van der Waals surface area contributed by atoms with Gasteiger partial charge in [-0.15, -0.1) is 0 Å². The Labute approximate surface area is 134 Å². The van der Waals surface area contributed by atoms with E-state index in [0.29, 0.717) is 13.2 Å². The average molecular weight is 306 g/mol. The van der Waals surface area contributed by atoms with Crippen LogP contribution >= 0.6 is 0 Å². The molecule has 1 aliphatic heterocycles. The van der Waals surface area contributed by atoms with Gasteiger partial charge in [0.25, 0.3) is 0 Å². The Morgan fingerprint density at radius 2 is 1.78 bits per heavy atom. The van der Waals surface area contributed by atoms with Crippen LogP contribution in [0.25, 0.3) is 22.4 Å². The molecular weight excluding hydrogens is 288 g/mol. The molecule has 4 heteroatoms. The quantitative estimate of drug-likeness (QED) is 0.748. The summed E-state index contributed by atoms with van der Waals surface area (Å²) in [6.45, 7) is 1.38. The standard InChI is InChI=1S/C19H18N2O2/c22-18(14-9-11-23-12-10-14)13-5-7-15(8-6-13)19-20-16-3-1-2-4-17(16)21-19/h1-8,14H,9-12H2,(H,20,21). The van der Waals surface area contributed by atoms with Crippen molar-refractivity contribution >= 4 is 16.8 Å². The topological polar surface area (TPSA) is 55.0 Å². The predicted octanol–water partition coefficient (Wildman–Crippen LogP) is 3.84. The lowest BCUT2D eigenvalue weighted by Gasteiger charge is -2.20. The number of carbonyl (C=O) groups excluding carboxylic acids is 1. The van der Waals surface area contributed by atoms with Crippen molar-refractivity contribution in [2.75, 3.05) is 13.2 Å². The molecule has 116 valence electrons. The summed E-state index contributed by atoms with van der Waals surface area (Å²) in [5.41, 5.74) is 3.73. The molecule has 0 spiro atoms. The number of Topliss-reactive ketones (excluding diaryl/α,β-unsaturated/α-hetero) is 1. The Hall–Kier alpha value is -2.46. The number of para-hydroxylation sites is 2. The number of hydrogen-bond donors (Lipinski definition) is 1. The van der Waals surface area contributed by atoms with Gasteiger partial charge in [-0.05, 0) is 25.0 Å². The van der Waals surface area contributed by atoms with E-state index >= 15 is 0 Å². The van der Waals surface area contributed by atoms with Crippen molar-refractivity contribution in [1.29, 1.82) is 0 Å². The predicted molar refractivity (Wildman–Crippen MR) is 89.4 cm³/mol. The van der Waals surface area contributed by atoms with E-state index < -0.39 is 0 Å². The number of aromatic nitrogens is 2. The molecule has 1 saturated heterocycles. The number of nitrogens with one attached hydrogen (secondary N) is 1. The molecule has 4 nitrogen and oxygen atoms in total. The van der Waals surface area contributed by atoms with Gasteiger partial charge in [-0.2, -0.15) is 0 Å². The molecule has 0 radical (unpaired) electrons. The number of hydrogen-bond acceptors (Lipinski definition) is 3. The van der Waals surface area contributed by atoms with Crippen LogP contribution in [0.5, 0.6) is 0 Å². The summed E-state index contributed by atoms with van der Waals surface area (Å²) >= 11 is 0. The third kappa shape index (κ3) is 2.78. The Bertz CT molecular complexity index is 797. The number of benzene rings is 2. The minimum absolute atomic E-state index is 0.0980. The van der Waals surface area contributed by atoms with Gasteiger partial charge in [-0.25, -0.2) is 4.98 Å². The third-order valence-corrected chi connectivity index (χ3v) is 4.42. The lowest BCUT2D eigenvalue weighted by Crippen LogP contribution is -2.23. The summed E-state index contributed by atoms with van der Waals surface area (Å²) in [7, 11) is 0. The molecule has 23 heavy (non-hydrogen) atoms. The van der Waals surface area contributed by atoms with E-state index in [1.54, 1.807) is 0 Å². The second kappa shape index (κ2) is 5.97. The van der Waals surface area contributed by atoms with Crippen molar-refractivity contribution in [1.82, 2.24) is 9.97 Å². The minimum Gasteiger partial charge on any atom is -0.381 e. The highest BCUT2D eigenvalue weighted by molar-refractivity contribution is 5.98. The lowest BCUT2D eigenvalue weighted by molar-refractivity contribution is 0.0545. The van der Waals surface area contributed by atoms with Gasteiger partial charge in [-0.1, -0.05) is 36.4 Å². The Morgan fingerprint density at radius 3 is 2.52 bits per heavy atom. The van der Waals surface area contributed by atoms with Gasteiger partial charge in [-0.3, -0.25) is 4.79 Å². The van der Waals surface area contributed by atoms with Crippen molar-refractivity contribution < 1.29 is 9.53 Å². The van der Waals surface area contributed by atoms with Crippen molar-refractivity contribution in [2.24, 2.45) is 5.92 Å². The summed E-state index contributed by atoms with van der Waals surface area (Å²) in [5.74, 6) is 1.15. The van der Waals surface area contributed by atoms with E-state index in [1.165, 1.54) is 0 Å². The summed E-state index contributed by atoms with van der Waals surface area (Å²) in [5, 5.41) is 0. The molecule has 1 aliphatic rings. The van der Waals surface area contributed by atoms with E-state index in [4.69, 9.17) is 4.74 Å². The number of fused-ring (bicyclic) bond motifs is 1. The van der Waals surface area contributed by atoms with Gasteiger partial charge in [0.2, 0.25) is 0 Å². The number of imidazole rings is 1. The molecule has 1 N–H and O–H groups in total. The highest BCUT2D eigenvalue weighted by Gasteiger charge is 2.22. The number of carbonyl (C=O) groups is 1. The highest BCUT2D eigenvalue weighted by atomic mass is 16.5. The molecule has 1 fully saturated rings. The zero-order valence-electron chi connectivity index (χ0n) is 12.8. The monoisotopic (exact) mass is 306 g/mol. The maximum Gasteiger partial charge on any atom is 0.166 e. The highest BCUT2D eigenvalue weighted by Crippen LogP contribution is 2.24. The molecule has 2 aromatic carbocycles. The molecule has 3 aromatic rings. The second-order valence-corrected chi connectivity index (χ2v) is 5.93. The first-order valence-electron chi connectivity index (χ1n) is 7.98. The molecule has 4 rings (SSSR count). The number of H-pyrrole nitrogens is 1. The maximum atomic E-state index is 12.5. The van der Waals surface area contributed by atoms with E-state index in [9.17, 15) is 4.79 Å². The van der Waals surface area contributed by atoms with Gasteiger partial charge >= 0.3 is 0 Å². The normalized spacial score (nSPS) is 15.8. The first kappa shape index (κ1) is 14.2. The zero-order chi connectivity index (χ0) is 15.6. The first-order chi connectivity index (χ1) is 11.3. The van der Waals surface area contributed by atoms with E-state index in [2.05, 4.69) is 9.97 Å². The maximum absolute atomic E-state index is 12.5. The molecular formula is C19H18N2O2. The summed E-state index contributed by atoms with van der Waals surface area (Å²) < 4.78 is 5.33. The van der Waals surface area contributed by atoms with Crippen LogP contribution in [0.3, 0.4) is 0 Å². The number of ketones is 1. The molecule has 1 aromatic heterocycles. The molecule has 2 heterocycles. The van der Waals surface area contributed by atoms with Crippen LogP contribution in [-0.4, -0.2) is 29.0 Å².